The van der Waals surface area contributed by atoms with E-state index in [1.807, 2.05) is 0 Å². The van der Waals surface area contributed by atoms with Crippen LogP contribution in [0.5, 0.6) is 0 Å². The maximum Gasteiger partial charge on any atom is 0.224 e. The largest absolute Gasteiger partial charge is 0.378 e. The minimum absolute atomic E-state index is 0.137. The first-order valence-electron chi connectivity index (χ1n) is 10.5. The second-order valence-electron chi connectivity index (χ2n) is 8.14. The molecular formula is C22H32N2O2. The van der Waals surface area contributed by atoms with E-state index in [2.05, 4.69) is 40.5 Å². The van der Waals surface area contributed by atoms with Crippen LogP contribution < -0.4 is 5.32 Å². The lowest BCUT2D eigenvalue weighted by Crippen LogP contribution is -2.38. The number of carbonyl (C=O) groups is 1. The number of carbonyl (C=O) groups excluding carboxylic acids is 1. The van der Waals surface area contributed by atoms with Crippen LogP contribution in [0.1, 0.15) is 63.0 Å². The first kappa shape index (κ1) is 18.0. The molecule has 1 amide bonds. The molecule has 1 aliphatic carbocycles. The molecular weight excluding hydrogens is 324 g/mol. The second-order valence-corrected chi connectivity index (χ2v) is 8.14. The fourth-order valence-electron chi connectivity index (χ4n) is 5.17. The number of hydrogen-bond donors (Lipinski definition) is 1. The summed E-state index contributed by atoms with van der Waals surface area (Å²) in [7, 11) is 0. The number of hydrogen-bond acceptors (Lipinski definition) is 3. The summed E-state index contributed by atoms with van der Waals surface area (Å²) < 4.78 is 5.89. The number of ether oxygens (including phenoxy) is 1. The van der Waals surface area contributed by atoms with Crippen LogP contribution in [0.4, 0.5) is 0 Å². The summed E-state index contributed by atoms with van der Waals surface area (Å²) in [5, 5.41) is 3.19. The van der Waals surface area contributed by atoms with E-state index < -0.39 is 0 Å². The lowest BCUT2D eigenvalue weighted by molar-refractivity contribution is -0.125. The molecule has 0 aromatic heterocycles. The van der Waals surface area contributed by atoms with Gasteiger partial charge >= 0.3 is 0 Å². The molecule has 26 heavy (non-hydrogen) atoms. The van der Waals surface area contributed by atoms with Gasteiger partial charge in [0.1, 0.15) is 0 Å². The summed E-state index contributed by atoms with van der Waals surface area (Å²) >= 11 is 0. The summed E-state index contributed by atoms with van der Waals surface area (Å²) in [6.45, 7) is 2.64. The zero-order valence-electron chi connectivity index (χ0n) is 15.7. The molecule has 3 aliphatic rings. The predicted molar refractivity (Wildman–Crippen MR) is 103 cm³/mol. The van der Waals surface area contributed by atoms with E-state index in [-0.39, 0.29) is 11.8 Å². The average Bonchev–Trinajstić information content (AvgIpc) is 3.40. The number of amides is 1. The predicted octanol–water partition coefficient (Wildman–Crippen LogP) is 3.68. The van der Waals surface area contributed by atoms with E-state index in [4.69, 9.17) is 4.74 Å². The van der Waals surface area contributed by atoms with E-state index in [1.54, 1.807) is 0 Å². The van der Waals surface area contributed by atoms with Gasteiger partial charge in [-0.05, 0) is 50.6 Å². The number of nitrogens with zero attached hydrogens (tertiary/aromatic N) is 1. The summed E-state index contributed by atoms with van der Waals surface area (Å²) in [6, 6.07) is 11.5. The number of fused-ring (bicyclic) bond motifs is 1. The minimum Gasteiger partial charge on any atom is -0.378 e. The zero-order valence-corrected chi connectivity index (χ0v) is 15.7. The van der Waals surface area contributed by atoms with E-state index in [1.165, 1.54) is 37.7 Å². The molecule has 0 spiro atoms. The highest BCUT2D eigenvalue weighted by Gasteiger charge is 2.46. The Morgan fingerprint density at radius 3 is 2.73 bits per heavy atom. The molecule has 1 aromatic carbocycles. The van der Waals surface area contributed by atoms with Crippen molar-refractivity contribution in [3.63, 3.8) is 0 Å². The quantitative estimate of drug-likeness (QED) is 0.758. The van der Waals surface area contributed by atoms with Crippen molar-refractivity contribution >= 4 is 5.91 Å². The standard InChI is InChI=1S/C22H32N2O2/c25-22(23-13-7-15-26-18-10-4-5-11-18)19-16-21(17-8-2-1-3-9-17)24-14-6-12-20(19)24/h1-3,8-9,18-21H,4-7,10-16H2,(H,23,25)/t19-,20+,21-/m1/s1. The Balaban J connectivity index is 1.26. The molecule has 3 atom stereocenters. The highest BCUT2D eigenvalue weighted by Crippen LogP contribution is 2.44. The number of benzene rings is 1. The van der Waals surface area contributed by atoms with Crippen LogP contribution in [0, 0.1) is 5.92 Å². The van der Waals surface area contributed by atoms with Gasteiger partial charge in [-0.1, -0.05) is 43.2 Å². The molecule has 2 saturated heterocycles. The van der Waals surface area contributed by atoms with Crippen molar-refractivity contribution in [2.24, 2.45) is 5.92 Å². The van der Waals surface area contributed by atoms with Gasteiger partial charge in [-0.15, -0.1) is 0 Å². The van der Waals surface area contributed by atoms with Gasteiger partial charge in [0.25, 0.3) is 0 Å². The SMILES string of the molecule is O=C(NCCCOC1CCCC1)[C@@H]1C[C@H](c2ccccc2)N2CCC[C@@H]12. The molecule has 0 unspecified atom stereocenters. The fourth-order valence-corrected chi connectivity index (χ4v) is 5.17. The molecule has 3 fully saturated rings. The van der Waals surface area contributed by atoms with E-state index >= 15 is 0 Å². The van der Waals surface area contributed by atoms with Crippen molar-refractivity contribution in [3.8, 4) is 0 Å². The van der Waals surface area contributed by atoms with Crippen molar-refractivity contribution < 1.29 is 9.53 Å². The van der Waals surface area contributed by atoms with E-state index in [0.29, 0.717) is 18.2 Å². The van der Waals surface area contributed by atoms with Crippen LogP contribution in [0.25, 0.3) is 0 Å². The van der Waals surface area contributed by atoms with Crippen LogP contribution in [0.2, 0.25) is 0 Å². The Morgan fingerprint density at radius 2 is 1.92 bits per heavy atom. The zero-order chi connectivity index (χ0) is 17.8. The fraction of sp³-hybridized carbons (Fsp3) is 0.682. The maximum absolute atomic E-state index is 12.8. The third kappa shape index (κ3) is 3.96. The van der Waals surface area contributed by atoms with Gasteiger partial charge in [-0.2, -0.15) is 0 Å². The summed E-state index contributed by atoms with van der Waals surface area (Å²) in [6.07, 6.45) is 9.77. The molecule has 2 aliphatic heterocycles. The normalized spacial score (nSPS) is 29.2. The highest BCUT2D eigenvalue weighted by molar-refractivity contribution is 5.80. The van der Waals surface area contributed by atoms with Gasteiger partial charge in [-0.3, -0.25) is 9.69 Å². The molecule has 1 aromatic rings. The van der Waals surface area contributed by atoms with Gasteiger partial charge in [0.15, 0.2) is 0 Å². The number of rotatable bonds is 7. The van der Waals surface area contributed by atoms with Gasteiger partial charge < -0.3 is 10.1 Å². The van der Waals surface area contributed by atoms with Crippen LogP contribution in [0.15, 0.2) is 30.3 Å². The van der Waals surface area contributed by atoms with Crippen molar-refractivity contribution in [3.05, 3.63) is 35.9 Å². The van der Waals surface area contributed by atoms with Crippen molar-refractivity contribution in [2.45, 2.75) is 69.6 Å². The van der Waals surface area contributed by atoms with Crippen LogP contribution in [0.3, 0.4) is 0 Å². The minimum atomic E-state index is 0.137. The molecule has 0 radical (unpaired) electrons. The first-order valence-corrected chi connectivity index (χ1v) is 10.5. The van der Waals surface area contributed by atoms with Crippen molar-refractivity contribution in [2.75, 3.05) is 19.7 Å². The van der Waals surface area contributed by atoms with Crippen molar-refractivity contribution in [1.29, 1.82) is 0 Å². The molecule has 4 heteroatoms. The Hall–Kier alpha value is -1.39. The molecule has 0 bridgehead atoms. The van der Waals surface area contributed by atoms with E-state index in [0.717, 1.165) is 39.0 Å². The van der Waals surface area contributed by atoms with Gasteiger partial charge in [-0.25, -0.2) is 0 Å². The monoisotopic (exact) mass is 356 g/mol. The van der Waals surface area contributed by atoms with Gasteiger partial charge in [0.05, 0.1) is 12.0 Å². The van der Waals surface area contributed by atoms with Gasteiger partial charge in [0, 0.05) is 25.2 Å². The Morgan fingerprint density at radius 1 is 1.12 bits per heavy atom. The molecule has 142 valence electrons. The van der Waals surface area contributed by atoms with E-state index in [9.17, 15) is 4.79 Å². The smallest absolute Gasteiger partial charge is 0.224 e. The molecule has 1 N–H and O–H groups in total. The average molecular weight is 357 g/mol. The Labute approximate surface area is 157 Å². The Kier molecular flexibility index (Phi) is 5.91. The molecule has 2 heterocycles. The van der Waals surface area contributed by atoms with Crippen LogP contribution >= 0.6 is 0 Å². The van der Waals surface area contributed by atoms with Crippen LogP contribution in [-0.4, -0.2) is 42.6 Å². The van der Waals surface area contributed by atoms with Crippen molar-refractivity contribution in [1.82, 2.24) is 10.2 Å². The first-order chi connectivity index (χ1) is 12.8. The highest BCUT2D eigenvalue weighted by atomic mass is 16.5. The molecule has 4 rings (SSSR count). The van der Waals surface area contributed by atoms with Crippen LogP contribution in [-0.2, 0) is 9.53 Å². The maximum atomic E-state index is 12.8. The summed E-state index contributed by atoms with van der Waals surface area (Å²) in [5.74, 6) is 0.389. The summed E-state index contributed by atoms with van der Waals surface area (Å²) in [5.41, 5.74) is 1.36. The lowest BCUT2D eigenvalue weighted by atomic mass is 9.93. The third-order valence-electron chi connectivity index (χ3n) is 6.48. The van der Waals surface area contributed by atoms with Gasteiger partial charge in [0.2, 0.25) is 5.91 Å². The molecule has 1 saturated carbocycles. The third-order valence-corrected chi connectivity index (χ3v) is 6.48. The lowest BCUT2D eigenvalue weighted by Gasteiger charge is -2.24. The second kappa shape index (κ2) is 8.53. The topological polar surface area (TPSA) is 41.6 Å². The number of nitrogens with one attached hydrogen (secondary N) is 1. The summed E-state index contributed by atoms with van der Waals surface area (Å²) in [4.78, 5) is 15.4. The molecule has 4 nitrogen and oxygen atoms in total. The Bertz CT molecular complexity index is 585.